The molecule has 4 rings (SSSR count). The summed E-state index contributed by atoms with van der Waals surface area (Å²) in [7, 11) is -3.02. The zero-order valence-electron chi connectivity index (χ0n) is 17.0. The van der Waals surface area contributed by atoms with Crippen LogP contribution in [0.5, 0.6) is 0 Å². The lowest BCUT2D eigenvalue weighted by atomic mass is 10.1. The lowest BCUT2D eigenvalue weighted by molar-refractivity contribution is -0.114. The topological polar surface area (TPSA) is 78.8 Å². The average Bonchev–Trinajstić information content (AvgIpc) is 3.19. The summed E-state index contributed by atoms with van der Waals surface area (Å²) in [4.78, 5) is 19.5. The Hall–Kier alpha value is -2.32. The summed E-state index contributed by atoms with van der Waals surface area (Å²) in [6.07, 6.45) is 0.901. The maximum Gasteiger partial charge on any atom is 0.244 e. The van der Waals surface area contributed by atoms with Crippen LogP contribution in [0.2, 0.25) is 0 Å². The quantitative estimate of drug-likeness (QED) is 0.767. The number of rotatable bonds is 5. The number of thioether (sulfide) groups is 1. The van der Waals surface area contributed by atoms with Crippen LogP contribution in [-0.4, -0.2) is 48.8 Å². The SMILES string of the molecule is CCc1cccc(NC(=O)CN(C2=N[C@@H]3CS(=O)(=O)C[C@H]3S2)c2cccc(C)c2)c1. The number of hydrogen-bond donors (Lipinski definition) is 1. The van der Waals surface area contributed by atoms with Gasteiger partial charge in [0.2, 0.25) is 5.91 Å². The molecule has 2 aromatic rings. The van der Waals surface area contributed by atoms with Crippen molar-refractivity contribution in [2.75, 3.05) is 28.3 Å². The van der Waals surface area contributed by atoms with E-state index in [0.717, 1.165) is 28.9 Å². The third-order valence-corrected chi connectivity index (χ3v) is 8.52. The number of nitrogens with one attached hydrogen (secondary N) is 1. The molecule has 0 aliphatic carbocycles. The number of amides is 1. The number of carbonyl (C=O) groups excluding carboxylic acids is 1. The fourth-order valence-corrected chi connectivity index (χ4v) is 7.53. The van der Waals surface area contributed by atoms with Crippen molar-refractivity contribution in [1.29, 1.82) is 0 Å². The summed E-state index contributed by atoms with van der Waals surface area (Å²) in [5.41, 5.74) is 3.89. The molecule has 1 saturated heterocycles. The van der Waals surface area contributed by atoms with Crippen molar-refractivity contribution in [2.45, 2.75) is 31.6 Å². The van der Waals surface area contributed by atoms with Gasteiger partial charge < -0.3 is 10.2 Å². The van der Waals surface area contributed by atoms with Crippen LogP contribution < -0.4 is 10.2 Å². The van der Waals surface area contributed by atoms with Gasteiger partial charge >= 0.3 is 0 Å². The van der Waals surface area contributed by atoms with Gasteiger partial charge in [0, 0.05) is 16.6 Å². The summed E-state index contributed by atoms with van der Waals surface area (Å²) >= 11 is 1.46. The van der Waals surface area contributed by atoms with E-state index in [0.29, 0.717) is 5.17 Å². The maximum absolute atomic E-state index is 12.9. The second-order valence-corrected chi connectivity index (χ2v) is 11.1. The second kappa shape index (κ2) is 8.43. The van der Waals surface area contributed by atoms with Crippen LogP contribution in [-0.2, 0) is 21.1 Å². The highest BCUT2D eigenvalue weighted by molar-refractivity contribution is 8.15. The molecule has 1 N–H and O–H groups in total. The van der Waals surface area contributed by atoms with Crippen LogP contribution in [0.3, 0.4) is 0 Å². The minimum absolute atomic E-state index is 0.0680. The van der Waals surface area contributed by atoms with Gasteiger partial charge in [0.15, 0.2) is 15.0 Å². The molecule has 0 saturated carbocycles. The first-order chi connectivity index (χ1) is 14.3. The van der Waals surface area contributed by atoms with Crippen molar-refractivity contribution in [3.8, 4) is 0 Å². The van der Waals surface area contributed by atoms with Crippen molar-refractivity contribution >= 4 is 44.0 Å². The standard InChI is InChI=1S/C22H25N3O3S2/c1-3-16-7-5-8-17(11-16)23-21(26)12-25(18-9-4-6-15(2)10-18)22-24-19-13-30(27,28)14-20(19)29-22/h4-11,19-20H,3,12-14H2,1-2H3,(H,23,26)/t19-,20-/m1/s1. The molecule has 158 valence electrons. The van der Waals surface area contributed by atoms with Crippen molar-refractivity contribution in [3.63, 3.8) is 0 Å². The molecule has 8 heteroatoms. The monoisotopic (exact) mass is 443 g/mol. The number of carbonyl (C=O) groups is 1. The fraction of sp³-hybridized carbons (Fsp3) is 0.364. The number of aryl methyl sites for hydroxylation is 2. The van der Waals surface area contributed by atoms with Gasteiger partial charge in [-0.05, 0) is 48.7 Å². The zero-order valence-corrected chi connectivity index (χ0v) is 18.7. The first-order valence-corrected chi connectivity index (χ1v) is 12.7. The molecule has 0 spiro atoms. The summed E-state index contributed by atoms with van der Waals surface area (Å²) < 4.78 is 23.8. The molecule has 2 aromatic carbocycles. The molecule has 2 atom stereocenters. The van der Waals surface area contributed by atoms with E-state index in [9.17, 15) is 13.2 Å². The van der Waals surface area contributed by atoms with Crippen LogP contribution >= 0.6 is 11.8 Å². The highest BCUT2D eigenvalue weighted by Gasteiger charge is 2.44. The molecule has 0 aromatic heterocycles. The molecule has 0 radical (unpaired) electrons. The van der Waals surface area contributed by atoms with Crippen molar-refractivity contribution in [1.82, 2.24) is 0 Å². The minimum Gasteiger partial charge on any atom is -0.325 e. The van der Waals surface area contributed by atoms with Gasteiger partial charge in [-0.15, -0.1) is 0 Å². The van der Waals surface area contributed by atoms with Crippen LogP contribution in [0.15, 0.2) is 53.5 Å². The van der Waals surface area contributed by atoms with E-state index in [4.69, 9.17) is 0 Å². The summed E-state index contributed by atoms with van der Waals surface area (Å²) in [6.45, 7) is 4.19. The Labute approximate surface area is 181 Å². The van der Waals surface area contributed by atoms with E-state index in [1.165, 1.54) is 11.8 Å². The molecule has 30 heavy (non-hydrogen) atoms. The molecule has 2 aliphatic rings. The summed E-state index contributed by atoms with van der Waals surface area (Å²) in [5, 5.41) is 3.62. The second-order valence-electron chi connectivity index (χ2n) is 7.74. The number of nitrogens with zero attached hydrogens (tertiary/aromatic N) is 2. The van der Waals surface area contributed by atoms with E-state index < -0.39 is 9.84 Å². The van der Waals surface area contributed by atoms with Gasteiger partial charge in [-0.3, -0.25) is 9.79 Å². The third kappa shape index (κ3) is 4.70. The van der Waals surface area contributed by atoms with E-state index in [2.05, 4.69) is 17.2 Å². The van der Waals surface area contributed by atoms with Crippen LogP contribution in [0.1, 0.15) is 18.1 Å². The lowest BCUT2D eigenvalue weighted by Gasteiger charge is -2.24. The molecule has 1 amide bonds. The van der Waals surface area contributed by atoms with Crippen LogP contribution in [0, 0.1) is 6.92 Å². The van der Waals surface area contributed by atoms with E-state index in [1.807, 2.05) is 60.4 Å². The number of anilines is 2. The molecule has 6 nitrogen and oxygen atoms in total. The number of sulfone groups is 1. The maximum atomic E-state index is 12.9. The largest absolute Gasteiger partial charge is 0.325 e. The van der Waals surface area contributed by atoms with E-state index in [1.54, 1.807) is 0 Å². The number of aliphatic imine (C=N–C) groups is 1. The zero-order chi connectivity index (χ0) is 21.3. The van der Waals surface area contributed by atoms with Gasteiger partial charge in [-0.2, -0.15) is 0 Å². The Bertz CT molecular complexity index is 1100. The number of amidine groups is 1. The molecule has 0 bridgehead atoms. The molecular formula is C22H25N3O3S2. The highest BCUT2D eigenvalue weighted by atomic mass is 32.2. The average molecular weight is 444 g/mol. The first-order valence-electron chi connectivity index (χ1n) is 10.0. The van der Waals surface area contributed by atoms with Crippen LogP contribution in [0.4, 0.5) is 11.4 Å². The smallest absolute Gasteiger partial charge is 0.244 e. The van der Waals surface area contributed by atoms with Crippen molar-refractivity contribution in [2.24, 2.45) is 4.99 Å². The van der Waals surface area contributed by atoms with Gasteiger partial charge in [0.05, 0.1) is 17.5 Å². The molecule has 0 unspecified atom stereocenters. The normalized spacial score (nSPS) is 21.7. The Morgan fingerprint density at radius 3 is 2.73 bits per heavy atom. The molecule has 2 aliphatic heterocycles. The summed E-state index contributed by atoms with van der Waals surface area (Å²) in [5.74, 6) is 0.0940. The van der Waals surface area contributed by atoms with Gasteiger partial charge in [-0.25, -0.2) is 8.42 Å². The van der Waals surface area contributed by atoms with Crippen LogP contribution in [0.25, 0.3) is 0 Å². The predicted octanol–water partition coefficient (Wildman–Crippen LogP) is 3.27. The van der Waals surface area contributed by atoms with Crippen molar-refractivity contribution in [3.05, 3.63) is 59.7 Å². The Morgan fingerprint density at radius 1 is 1.20 bits per heavy atom. The Morgan fingerprint density at radius 2 is 2.00 bits per heavy atom. The van der Waals surface area contributed by atoms with Gasteiger partial charge in [0.1, 0.15) is 6.54 Å². The number of benzene rings is 2. The Kier molecular flexibility index (Phi) is 5.88. The van der Waals surface area contributed by atoms with E-state index >= 15 is 0 Å². The highest BCUT2D eigenvalue weighted by Crippen LogP contribution is 2.36. The summed E-state index contributed by atoms with van der Waals surface area (Å²) in [6, 6.07) is 15.5. The number of fused-ring (bicyclic) bond motifs is 1. The minimum atomic E-state index is -3.02. The number of hydrogen-bond acceptors (Lipinski definition) is 6. The predicted molar refractivity (Wildman–Crippen MR) is 124 cm³/mol. The Balaban J connectivity index is 1.56. The first kappa shape index (κ1) is 20.9. The lowest BCUT2D eigenvalue weighted by Crippen LogP contribution is -2.36. The molecule has 2 heterocycles. The van der Waals surface area contributed by atoms with Crippen molar-refractivity contribution < 1.29 is 13.2 Å². The third-order valence-electron chi connectivity index (χ3n) is 5.27. The molecular weight excluding hydrogens is 418 g/mol. The van der Waals surface area contributed by atoms with E-state index in [-0.39, 0.29) is 35.2 Å². The molecule has 1 fully saturated rings. The fourth-order valence-electron chi connectivity index (χ4n) is 3.75. The van der Waals surface area contributed by atoms with Gasteiger partial charge in [0.25, 0.3) is 0 Å². The van der Waals surface area contributed by atoms with Gasteiger partial charge in [-0.1, -0.05) is 43.0 Å².